The van der Waals surface area contributed by atoms with Crippen molar-refractivity contribution in [2.75, 3.05) is 6.54 Å². The zero-order valence-electron chi connectivity index (χ0n) is 12.0. The van der Waals surface area contributed by atoms with Crippen molar-refractivity contribution in [1.82, 2.24) is 9.71 Å². The SMILES string of the molecule is CC(CCNS(=O)(=O)c1cnc(Cl)c(Cl)c1)c1ccccc1. The lowest BCUT2D eigenvalue weighted by molar-refractivity contribution is 0.572. The van der Waals surface area contributed by atoms with Crippen LogP contribution < -0.4 is 4.72 Å². The summed E-state index contributed by atoms with van der Waals surface area (Å²) in [5.41, 5.74) is 1.18. The zero-order valence-corrected chi connectivity index (χ0v) is 14.3. The Balaban J connectivity index is 1.97. The van der Waals surface area contributed by atoms with Crippen LogP contribution in [-0.2, 0) is 10.0 Å². The molecule has 7 heteroatoms. The van der Waals surface area contributed by atoms with E-state index in [1.54, 1.807) is 0 Å². The van der Waals surface area contributed by atoms with Crippen LogP contribution in [0.25, 0.3) is 0 Å². The molecule has 118 valence electrons. The molecule has 0 bridgehead atoms. The predicted molar refractivity (Wildman–Crippen MR) is 88.9 cm³/mol. The van der Waals surface area contributed by atoms with Crippen molar-refractivity contribution < 1.29 is 8.42 Å². The molecule has 0 aliphatic carbocycles. The molecule has 22 heavy (non-hydrogen) atoms. The summed E-state index contributed by atoms with van der Waals surface area (Å²) in [7, 11) is -3.63. The normalized spacial score (nSPS) is 13.0. The van der Waals surface area contributed by atoms with Crippen molar-refractivity contribution in [2.24, 2.45) is 0 Å². The van der Waals surface area contributed by atoms with Gasteiger partial charge < -0.3 is 0 Å². The lowest BCUT2D eigenvalue weighted by atomic mass is 9.98. The Hall–Kier alpha value is -1.14. The summed E-state index contributed by atoms with van der Waals surface area (Å²) in [6.07, 6.45) is 1.88. The fraction of sp³-hybridized carbons (Fsp3) is 0.267. The van der Waals surface area contributed by atoms with Gasteiger partial charge in [0.15, 0.2) is 0 Å². The first-order valence-corrected chi connectivity index (χ1v) is 8.99. The van der Waals surface area contributed by atoms with Gasteiger partial charge in [0, 0.05) is 12.7 Å². The minimum Gasteiger partial charge on any atom is -0.242 e. The number of rotatable bonds is 6. The van der Waals surface area contributed by atoms with Crippen molar-refractivity contribution in [2.45, 2.75) is 24.2 Å². The number of pyridine rings is 1. The second-order valence-electron chi connectivity index (χ2n) is 4.94. The van der Waals surface area contributed by atoms with Gasteiger partial charge in [-0.25, -0.2) is 18.1 Å². The van der Waals surface area contributed by atoms with Gasteiger partial charge in [0.25, 0.3) is 0 Å². The van der Waals surface area contributed by atoms with Crippen LogP contribution in [0.4, 0.5) is 0 Å². The van der Waals surface area contributed by atoms with E-state index in [0.29, 0.717) is 13.0 Å². The van der Waals surface area contributed by atoms with Gasteiger partial charge in [-0.2, -0.15) is 0 Å². The van der Waals surface area contributed by atoms with Crippen molar-refractivity contribution >= 4 is 33.2 Å². The summed E-state index contributed by atoms with van der Waals surface area (Å²) in [4.78, 5) is 3.76. The van der Waals surface area contributed by atoms with Crippen LogP contribution in [0.2, 0.25) is 10.2 Å². The average molecular weight is 359 g/mol. The molecule has 4 nitrogen and oxygen atoms in total. The Morgan fingerprint density at radius 2 is 1.91 bits per heavy atom. The summed E-state index contributed by atoms with van der Waals surface area (Å²) in [5.74, 6) is 0.260. The lowest BCUT2D eigenvalue weighted by Gasteiger charge is -2.12. The Labute approximate surface area is 140 Å². The van der Waals surface area contributed by atoms with Crippen LogP contribution in [0.1, 0.15) is 24.8 Å². The van der Waals surface area contributed by atoms with Crippen molar-refractivity contribution in [3.8, 4) is 0 Å². The summed E-state index contributed by atoms with van der Waals surface area (Å²) in [6, 6.07) is 11.2. The largest absolute Gasteiger partial charge is 0.242 e. The summed E-state index contributed by atoms with van der Waals surface area (Å²) in [5, 5.41) is 0.195. The van der Waals surface area contributed by atoms with Crippen LogP contribution in [0, 0.1) is 0 Å². The molecule has 1 atom stereocenters. The molecule has 1 heterocycles. The maximum atomic E-state index is 12.2. The van der Waals surface area contributed by atoms with E-state index in [1.807, 2.05) is 30.3 Å². The second kappa shape index (κ2) is 7.42. The van der Waals surface area contributed by atoms with E-state index in [9.17, 15) is 8.42 Å². The van der Waals surface area contributed by atoms with Gasteiger partial charge in [0.1, 0.15) is 10.0 Å². The van der Waals surface area contributed by atoms with E-state index >= 15 is 0 Å². The van der Waals surface area contributed by atoms with Gasteiger partial charge in [-0.15, -0.1) is 0 Å². The van der Waals surface area contributed by atoms with Gasteiger partial charge in [0.2, 0.25) is 10.0 Å². The first kappa shape index (κ1) is 17.2. The molecule has 0 amide bonds. The first-order chi connectivity index (χ1) is 10.4. The summed E-state index contributed by atoms with van der Waals surface area (Å²) < 4.78 is 26.9. The maximum absolute atomic E-state index is 12.2. The zero-order chi connectivity index (χ0) is 16.2. The summed E-state index contributed by atoms with van der Waals surface area (Å²) in [6.45, 7) is 2.39. The number of hydrogen-bond donors (Lipinski definition) is 1. The quantitative estimate of drug-likeness (QED) is 0.797. The van der Waals surface area contributed by atoms with Crippen LogP contribution in [0.5, 0.6) is 0 Å². The van der Waals surface area contributed by atoms with Crippen molar-refractivity contribution in [3.63, 3.8) is 0 Å². The van der Waals surface area contributed by atoms with Gasteiger partial charge in [-0.1, -0.05) is 60.5 Å². The van der Waals surface area contributed by atoms with Crippen molar-refractivity contribution in [3.05, 3.63) is 58.3 Å². The predicted octanol–water partition coefficient (Wildman–Crippen LogP) is 3.86. The van der Waals surface area contributed by atoms with Gasteiger partial charge in [-0.3, -0.25) is 0 Å². The highest BCUT2D eigenvalue weighted by molar-refractivity contribution is 7.89. The third-order valence-electron chi connectivity index (χ3n) is 3.32. The number of benzene rings is 1. The highest BCUT2D eigenvalue weighted by Crippen LogP contribution is 2.22. The van der Waals surface area contributed by atoms with Crippen LogP contribution in [-0.4, -0.2) is 19.9 Å². The van der Waals surface area contributed by atoms with Gasteiger partial charge in [-0.05, 0) is 24.0 Å². The average Bonchev–Trinajstić information content (AvgIpc) is 2.50. The monoisotopic (exact) mass is 358 g/mol. The second-order valence-corrected chi connectivity index (χ2v) is 7.47. The topological polar surface area (TPSA) is 59.1 Å². The van der Waals surface area contributed by atoms with E-state index in [4.69, 9.17) is 23.2 Å². The molecule has 1 aromatic carbocycles. The summed E-state index contributed by atoms with van der Waals surface area (Å²) >= 11 is 11.5. The number of nitrogens with zero attached hydrogens (tertiary/aromatic N) is 1. The molecule has 0 spiro atoms. The molecule has 0 aliphatic rings. The van der Waals surface area contributed by atoms with E-state index in [0.717, 1.165) is 0 Å². The lowest BCUT2D eigenvalue weighted by Crippen LogP contribution is -2.25. The minimum atomic E-state index is -3.63. The molecule has 0 aliphatic heterocycles. The third-order valence-corrected chi connectivity index (χ3v) is 5.43. The van der Waals surface area contributed by atoms with E-state index < -0.39 is 10.0 Å². The third kappa shape index (κ3) is 4.43. The number of halogens is 2. The smallest absolute Gasteiger partial charge is 0.242 e. The molecule has 1 N–H and O–H groups in total. The number of sulfonamides is 1. The fourth-order valence-electron chi connectivity index (χ4n) is 1.99. The molecule has 0 saturated heterocycles. The van der Waals surface area contributed by atoms with E-state index in [1.165, 1.54) is 17.8 Å². The number of aromatic nitrogens is 1. The molecule has 1 aromatic heterocycles. The highest BCUT2D eigenvalue weighted by atomic mass is 35.5. The molecular formula is C15H16Cl2N2O2S. The van der Waals surface area contributed by atoms with E-state index in [2.05, 4.69) is 16.6 Å². The Bertz CT molecular complexity index is 736. The molecule has 2 aromatic rings. The van der Waals surface area contributed by atoms with E-state index in [-0.39, 0.29) is 21.0 Å². The molecule has 2 rings (SSSR count). The van der Waals surface area contributed by atoms with Crippen LogP contribution in [0.15, 0.2) is 47.5 Å². The molecule has 0 fully saturated rings. The maximum Gasteiger partial charge on any atom is 0.242 e. The standard InChI is InChI=1S/C15H16Cl2N2O2S/c1-11(12-5-3-2-4-6-12)7-8-19-22(20,21)13-9-14(16)15(17)18-10-13/h2-6,9-11,19H,7-8H2,1H3. The van der Waals surface area contributed by atoms with Gasteiger partial charge >= 0.3 is 0 Å². The molecule has 0 saturated carbocycles. The first-order valence-electron chi connectivity index (χ1n) is 6.76. The van der Waals surface area contributed by atoms with Gasteiger partial charge in [0.05, 0.1) is 5.02 Å². The fourth-order valence-corrected chi connectivity index (χ4v) is 3.34. The molecule has 0 radical (unpaired) electrons. The van der Waals surface area contributed by atoms with Crippen LogP contribution >= 0.6 is 23.2 Å². The van der Waals surface area contributed by atoms with Crippen LogP contribution in [0.3, 0.4) is 0 Å². The minimum absolute atomic E-state index is 0.00858. The highest BCUT2D eigenvalue weighted by Gasteiger charge is 2.16. The molecule has 1 unspecified atom stereocenters. The molecular weight excluding hydrogens is 343 g/mol. The Morgan fingerprint density at radius 1 is 1.23 bits per heavy atom. The number of nitrogens with one attached hydrogen (secondary N) is 1. The van der Waals surface area contributed by atoms with Crippen molar-refractivity contribution in [1.29, 1.82) is 0 Å². The number of hydrogen-bond acceptors (Lipinski definition) is 3. The Kier molecular flexibility index (Phi) is 5.81. The Morgan fingerprint density at radius 3 is 2.55 bits per heavy atom.